The van der Waals surface area contributed by atoms with Crippen LogP contribution in [0.1, 0.15) is 43.0 Å². The number of hydrogen-bond donors (Lipinski definition) is 3. The quantitative estimate of drug-likeness (QED) is 0.352. The third-order valence-electron chi connectivity index (χ3n) is 5.86. The number of nitrogens with one attached hydrogen (secondary N) is 2. The molecule has 3 N–H and O–H groups in total. The van der Waals surface area contributed by atoms with Crippen molar-refractivity contribution < 1.29 is 43.4 Å². The smallest absolute Gasteiger partial charge is 0.358 e. The van der Waals surface area contributed by atoms with Gasteiger partial charge in [-0.05, 0) is 25.0 Å². The van der Waals surface area contributed by atoms with Gasteiger partial charge in [-0.3, -0.25) is 29.4 Å². The van der Waals surface area contributed by atoms with Crippen LogP contribution in [0.4, 0.5) is 4.79 Å². The van der Waals surface area contributed by atoms with Crippen LogP contribution >= 0.6 is 23.2 Å². The second-order valence-corrected chi connectivity index (χ2v) is 9.48. The normalized spacial score (nSPS) is 18.0. The predicted molar refractivity (Wildman–Crippen MR) is 133 cm³/mol. The summed E-state index contributed by atoms with van der Waals surface area (Å²) < 4.78 is 4.96. The fourth-order valence-electron chi connectivity index (χ4n) is 4.10. The molecule has 3 rings (SSSR count). The highest BCUT2D eigenvalue weighted by molar-refractivity contribution is 6.39. The molecule has 2 fully saturated rings. The van der Waals surface area contributed by atoms with E-state index in [-0.39, 0.29) is 41.5 Å². The van der Waals surface area contributed by atoms with Crippen LogP contribution in [0.5, 0.6) is 0 Å². The van der Waals surface area contributed by atoms with Gasteiger partial charge in [0.25, 0.3) is 0 Å². The lowest BCUT2D eigenvalue weighted by molar-refractivity contribution is -0.155. The summed E-state index contributed by atoms with van der Waals surface area (Å²) in [7, 11) is 0. The number of fused-ring (bicyclic) bond motifs is 1. The fraction of sp³-hybridized carbons (Fsp3) is 0.435. The first kappa shape index (κ1) is 29.6. The molecule has 1 aromatic rings. The molecule has 2 atom stereocenters. The van der Waals surface area contributed by atoms with Crippen molar-refractivity contribution in [2.75, 3.05) is 19.7 Å². The number of urea groups is 1. The Bertz CT molecular complexity index is 1190. The number of aliphatic carboxylic acids is 1. The van der Waals surface area contributed by atoms with Crippen molar-refractivity contribution in [1.29, 1.82) is 0 Å². The summed E-state index contributed by atoms with van der Waals surface area (Å²) in [6, 6.07) is 0.489. The first-order valence-corrected chi connectivity index (χ1v) is 12.5. The van der Waals surface area contributed by atoms with Crippen molar-refractivity contribution in [2.45, 2.75) is 44.7 Å². The zero-order chi connectivity index (χ0) is 28.9. The molecule has 16 heteroatoms. The Labute approximate surface area is 232 Å². The van der Waals surface area contributed by atoms with E-state index < -0.39 is 66.6 Å². The Kier molecular flexibility index (Phi) is 9.70. The molecule has 0 unspecified atom stereocenters. The molecule has 39 heavy (non-hydrogen) atoms. The van der Waals surface area contributed by atoms with Gasteiger partial charge in [0.05, 0.1) is 28.6 Å². The van der Waals surface area contributed by atoms with Gasteiger partial charge in [-0.15, -0.1) is 0 Å². The number of amides is 5. The second-order valence-electron chi connectivity index (χ2n) is 8.67. The van der Waals surface area contributed by atoms with Crippen molar-refractivity contribution in [2.24, 2.45) is 0 Å². The molecule has 5 amide bonds. The summed E-state index contributed by atoms with van der Waals surface area (Å²) in [6.45, 7) is 0.277. The van der Waals surface area contributed by atoms with E-state index in [4.69, 9.17) is 27.9 Å². The van der Waals surface area contributed by atoms with Crippen LogP contribution in [0.25, 0.3) is 0 Å². The minimum atomic E-state index is -1.64. The molecule has 0 radical (unpaired) electrons. The molecule has 14 nitrogen and oxygen atoms in total. The zero-order valence-corrected chi connectivity index (χ0v) is 22.2. The molecular formula is C23H25Cl2N5O9. The van der Waals surface area contributed by atoms with Crippen LogP contribution in [0.3, 0.4) is 0 Å². The number of Topliss-reactive ketones (excluding diaryl/α,β-unsaturated/α-hetero) is 1. The summed E-state index contributed by atoms with van der Waals surface area (Å²) in [6.07, 6.45) is -0.543. The Hall–Kier alpha value is -3.91. The number of carbonyl (C=O) groups is 7. The number of rotatable bonds is 9. The Morgan fingerprint density at radius 2 is 1.79 bits per heavy atom. The average molecular weight is 586 g/mol. The van der Waals surface area contributed by atoms with Crippen LogP contribution < -0.4 is 10.7 Å². The van der Waals surface area contributed by atoms with Crippen molar-refractivity contribution >= 4 is 64.7 Å². The van der Waals surface area contributed by atoms with Gasteiger partial charge in [0.15, 0.2) is 12.4 Å². The summed E-state index contributed by atoms with van der Waals surface area (Å²) in [5, 5.41) is 14.4. The molecule has 2 aliphatic heterocycles. The van der Waals surface area contributed by atoms with Crippen molar-refractivity contribution in [3.8, 4) is 0 Å². The van der Waals surface area contributed by atoms with Gasteiger partial charge in [-0.25, -0.2) is 24.6 Å². The number of ether oxygens (including phenoxy) is 1. The van der Waals surface area contributed by atoms with E-state index in [0.717, 1.165) is 15.0 Å². The Morgan fingerprint density at radius 3 is 2.41 bits per heavy atom. The standard InChI is InChI=1S/C23H25Cl2N5O9/c1-12(31)27-28-9-7-18(33)29-8-3-6-16(30(29)23(28)38)21(36)26-15(10-19(34)35)17(32)11-39-22(37)20-13(24)4-2-5-14(20)25/h2,4-5,15-16H,3,6-11H2,1H3,(H,26,36)(H,27,31)(H,34,35)/t15-,16-/m0/s1. The Balaban J connectivity index is 1.76. The summed E-state index contributed by atoms with van der Waals surface area (Å²) in [5.74, 6) is -5.36. The lowest BCUT2D eigenvalue weighted by atomic mass is 10.0. The van der Waals surface area contributed by atoms with Gasteiger partial charge in [-0.2, -0.15) is 0 Å². The third kappa shape index (κ3) is 7.15. The minimum Gasteiger partial charge on any atom is -0.481 e. The van der Waals surface area contributed by atoms with Crippen LogP contribution in [-0.4, -0.2) is 93.4 Å². The zero-order valence-electron chi connectivity index (χ0n) is 20.6. The largest absolute Gasteiger partial charge is 0.481 e. The van der Waals surface area contributed by atoms with Crippen molar-refractivity contribution in [1.82, 2.24) is 25.8 Å². The maximum atomic E-state index is 13.3. The number of hydrazine groups is 2. The van der Waals surface area contributed by atoms with E-state index in [0.29, 0.717) is 6.42 Å². The molecule has 1 aromatic carbocycles. The van der Waals surface area contributed by atoms with Crippen molar-refractivity contribution in [3.05, 3.63) is 33.8 Å². The molecule has 2 heterocycles. The number of carboxylic acid groups (broad SMARTS) is 1. The molecule has 210 valence electrons. The number of carboxylic acids is 1. The van der Waals surface area contributed by atoms with Gasteiger partial charge in [0, 0.05) is 19.9 Å². The van der Waals surface area contributed by atoms with E-state index >= 15 is 0 Å². The lowest BCUT2D eigenvalue weighted by Gasteiger charge is -2.43. The monoisotopic (exact) mass is 585 g/mol. The lowest BCUT2D eigenvalue weighted by Crippen LogP contribution is -2.65. The van der Waals surface area contributed by atoms with Crippen LogP contribution in [0, 0.1) is 0 Å². The highest BCUT2D eigenvalue weighted by Crippen LogP contribution is 2.26. The highest BCUT2D eigenvalue weighted by Gasteiger charge is 2.44. The number of halogens is 2. The van der Waals surface area contributed by atoms with Gasteiger partial charge in [0.1, 0.15) is 12.1 Å². The molecule has 0 aromatic heterocycles. The van der Waals surface area contributed by atoms with Gasteiger partial charge >= 0.3 is 18.0 Å². The first-order valence-electron chi connectivity index (χ1n) is 11.7. The predicted octanol–water partition coefficient (Wildman–Crippen LogP) is 0.764. The maximum Gasteiger partial charge on any atom is 0.358 e. The van der Waals surface area contributed by atoms with E-state index in [1.54, 1.807) is 0 Å². The topological polar surface area (TPSA) is 183 Å². The van der Waals surface area contributed by atoms with E-state index in [2.05, 4.69) is 10.7 Å². The molecule has 0 spiro atoms. The van der Waals surface area contributed by atoms with Gasteiger partial charge < -0.3 is 15.2 Å². The number of esters is 1. The minimum absolute atomic E-state index is 0.0258. The first-order chi connectivity index (χ1) is 18.4. The van der Waals surface area contributed by atoms with E-state index in [9.17, 15) is 38.7 Å². The number of nitrogens with zero attached hydrogens (tertiary/aromatic N) is 3. The molecule has 2 aliphatic rings. The van der Waals surface area contributed by atoms with E-state index in [1.807, 2.05) is 0 Å². The maximum absolute atomic E-state index is 13.3. The molecule has 0 aliphatic carbocycles. The number of hydrogen-bond acceptors (Lipinski definition) is 8. The summed E-state index contributed by atoms with van der Waals surface area (Å²) >= 11 is 11.9. The van der Waals surface area contributed by atoms with Gasteiger partial charge in [0.2, 0.25) is 17.7 Å². The van der Waals surface area contributed by atoms with E-state index in [1.165, 1.54) is 25.1 Å². The summed E-state index contributed by atoms with van der Waals surface area (Å²) in [5.41, 5.74) is 2.12. The highest BCUT2D eigenvalue weighted by atomic mass is 35.5. The molecule has 0 saturated carbocycles. The molecular weight excluding hydrogens is 561 g/mol. The van der Waals surface area contributed by atoms with Crippen LogP contribution in [0.2, 0.25) is 10.0 Å². The van der Waals surface area contributed by atoms with Crippen LogP contribution in [-0.2, 0) is 28.7 Å². The Morgan fingerprint density at radius 1 is 1.13 bits per heavy atom. The number of ketones is 1. The van der Waals surface area contributed by atoms with Gasteiger partial charge in [-0.1, -0.05) is 29.3 Å². The van der Waals surface area contributed by atoms with Crippen molar-refractivity contribution in [3.63, 3.8) is 0 Å². The SMILES string of the molecule is CC(=O)NN1CCC(=O)N2CCC[C@@H](C(=O)N[C@@H](CC(=O)O)C(=O)COC(=O)c3c(Cl)cccc3Cl)N2C1=O. The fourth-order valence-corrected chi connectivity index (χ4v) is 4.65. The van der Waals surface area contributed by atoms with Crippen LogP contribution in [0.15, 0.2) is 18.2 Å². The second kappa shape index (κ2) is 12.8. The summed E-state index contributed by atoms with van der Waals surface area (Å²) in [4.78, 5) is 87.2. The third-order valence-corrected chi connectivity index (χ3v) is 6.49. The molecule has 2 saturated heterocycles. The number of benzene rings is 1. The molecule has 0 bridgehead atoms. The average Bonchev–Trinajstić information content (AvgIpc) is 2.98. The number of carbonyl (C=O) groups excluding carboxylic acids is 6.